The van der Waals surface area contributed by atoms with E-state index in [-0.39, 0.29) is 17.9 Å². The molecule has 0 unspecified atom stereocenters. The second-order valence-corrected chi connectivity index (χ2v) is 7.52. The molecule has 1 aromatic carbocycles. The molecule has 1 aliphatic carbocycles. The van der Waals surface area contributed by atoms with Gasteiger partial charge in [0, 0.05) is 32.2 Å². The number of hydrogen-bond donors (Lipinski definition) is 3. The van der Waals surface area contributed by atoms with Gasteiger partial charge in [-0.05, 0) is 18.4 Å². The Kier molecular flexibility index (Phi) is 6.51. The van der Waals surface area contributed by atoms with Crippen LogP contribution < -0.4 is 11.1 Å². The molecule has 1 aromatic rings. The summed E-state index contributed by atoms with van der Waals surface area (Å²) in [5, 5.41) is 12.0. The average molecular weight is 388 g/mol. The SMILES string of the molecule is NC(=O)[C@@H](NC(=O)[C@H]1CCCC[C@@H]1N1CCN(C(=O)O)CC1)c1ccccc1. The molecular formula is C20H28N4O4. The second kappa shape index (κ2) is 9.05. The van der Waals surface area contributed by atoms with Crippen LogP contribution in [0.2, 0.25) is 0 Å². The van der Waals surface area contributed by atoms with Gasteiger partial charge in [0.1, 0.15) is 6.04 Å². The number of piperazine rings is 1. The Labute approximate surface area is 164 Å². The van der Waals surface area contributed by atoms with E-state index in [4.69, 9.17) is 10.8 Å². The van der Waals surface area contributed by atoms with Gasteiger partial charge in [-0.25, -0.2) is 4.79 Å². The van der Waals surface area contributed by atoms with E-state index in [2.05, 4.69) is 10.2 Å². The fourth-order valence-corrected chi connectivity index (χ4v) is 4.31. The Morgan fingerprint density at radius 2 is 1.68 bits per heavy atom. The lowest BCUT2D eigenvalue weighted by Gasteiger charge is -2.43. The zero-order valence-corrected chi connectivity index (χ0v) is 15.9. The highest BCUT2D eigenvalue weighted by molar-refractivity contribution is 5.88. The van der Waals surface area contributed by atoms with Gasteiger partial charge in [-0.2, -0.15) is 0 Å². The smallest absolute Gasteiger partial charge is 0.407 e. The van der Waals surface area contributed by atoms with Crippen molar-refractivity contribution in [1.29, 1.82) is 0 Å². The first kappa shape index (κ1) is 20.1. The fraction of sp³-hybridized carbons (Fsp3) is 0.550. The molecule has 0 bridgehead atoms. The van der Waals surface area contributed by atoms with E-state index in [1.165, 1.54) is 4.90 Å². The predicted molar refractivity (Wildman–Crippen MR) is 103 cm³/mol. The van der Waals surface area contributed by atoms with Crippen LogP contribution in [0.4, 0.5) is 4.79 Å². The van der Waals surface area contributed by atoms with Crippen molar-refractivity contribution in [2.75, 3.05) is 26.2 Å². The molecule has 8 nitrogen and oxygen atoms in total. The van der Waals surface area contributed by atoms with Crippen LogP contribution in [0.3, 0.4) is 0 Å². The molecule has 3 atom stereocenters. The van der Waals surface area contributed by atoms with Crippen molar-refractivity contribution in [1.82, 2.24) is 15.1 Å². The van der Waals surface area contributed by atoms with Crippen molar-refractivity contribution in [2.24, 2.45) is 11.7 Å². The van der Waals surface area contributed by atoms with Gasteiger partial charge in [0.2, 0.25) is 11.8 Å². The number of primary amides is 1. The first-order chi connectivity index (χ1) is 13.5. The van der Waals surface area contributed by atoms with Crippen LogP contribution in [0, 0.1) is 5.92 Å². The molecule has 8 heteroatoms. The standard InChI is InChI=1S/C20H28N4O4/c21-18(25)17(14-6-2-1-3-7-14)22-19(26)15-8-4-5-9-16(15)23-10-12-24(13-11-23)20(27)28/h1-3,6-7,15-17H,4-5,8-13H2,(H2,21,25)(H,22,26)(H,27,28)/t15-,16-,17-/m0/s1. The summed E-state index contributed by atoms with van der Waals surface area (Å²) in [6, 6.07) is 8.23. The van der Waals surface area contributed by atoms with Crippen LogP contribution in [0.15, 0.2) is 30.3 Å². The number of benzene rings is 1. The summed E-state index contributed by atoms with van der Waals surface area (Å²) in [5.41, 5.74) is 6.21. The zero-order valence-electron chi connectivity index (χ0n) is 15.9. The Morgan fingerprint density at radius 3 is 2.29 bits per heavy atom. The molecule has 2 aliphatic rings. The average Bonchev–Trinajstić information content (AvgIpc) is 2.72. The lowest BCUT2D eigenvalue weighted by Crippen LogP contribution is -2.56. The first-order valence-corrected chi connectivity index (χ1v) is 9.84. The minimum absolute atomic E-state index is 0.0639. The number of amides is 3. The van der Waals surface area contributed by atoms with Gasteiger partial charge in [-0.15, -0.1) is 0 Å². The molecular weight excluding hydrogens is 360 g/mol. The maximum Gasteiger partial charge on any atom is 0.407 e. The predicted octanol–water partition coefficient (Wildman–Crippen LogP) is 1.18. The summed E-state index contributed by atoms with van der Waals surface area (Å²) in [6.07, 6.45) is 2.78. The summed E-state index contributed by atoms with van der Waals surface area (Å²) < 4.78 is 0. The van der Waals surface area contributed by atoms with Gasteiger partial charge in [-0.3, -0.25) is 14.5 Å². The maximum atomic E-state index is 13.1. The Hall–Kier alpha value is -2.61. The van der Waals surface area contributed by atoms with E-state index in [9.17, 15) is 14.4 Å². The van der Waals surface area contributed by atoms with Crippen LogP contribution in [0.1, 0.15) is 37.3 Å². The molecule has 1 saturated carbocycles. The summed E-state index contributed by atoms with van der Waals surface area (Å²) in [4.78, 5) is 39.8. The zero-order chi connectivity index (χ0) is 20.1. The molecule has 3 amide bonds. The highest BCUT2D eigenvalue weighted by Gasteiger charge is 2.37. The molecule has 0 aromatic heterocycles. The highest BCUT2D eigenvalue weighted by atomic mass is 16.4. The maximum absolute atomic E-state index is 13.1. The second-order valence-electron chi connectivity index (χ2n) is 7.52. The van der Waals surface area contributed by atoms with E-state index < -0.39 is 18.0 Å². The lowest BCUT2D eigenvalue weighted by molar-refractivity contribution is -0.133. The minimum atomic E-state index is -0.898. The molecule has 0 spiro atoms. The molecule has 0 radical (unpaired) electrons. The van der Waals surface area contributed by atoms with Gasteiger partial charge in [0.25, 0.3) is 0 Å². The first-order valence-electron chi connectivity index (χ1n) is 9.84. The van der Waals surface area contributed by atoms with Crippen molar-refractivity contribution in [3.05, 3.63) is 35.9 Å². The third kappa shape index (κ3) is 4.62. The van der Waals surface area contributed by atoms with E-state index in [1.54, 1.807) is 12.1 Å². The number of hydrogen-bond acceptors (Lipinski definition) is 4. The van der Waals surface area contributed by atoms with Crippen LogP contribution in [0.5, 0.6) is 0 Å². The van der Waals surface area contributed by atoms with Gasteiger partial charge in [0.15, 0.2) is 0 Å². The van der Waals surface area contributed by atoms with Gasteiger partial charge in [-0.1, -0.05) is 43.2 Å². The molecule has 4 N–H and O–H groups in total. The molecule has 3 rings (SSSR count). The minimum Gasteiger partial charge on any atom is -0.465 e. The number of nitrogens with zero attached hydrogens (tertiary/aromatic N) is 2. The quantitative estimate of drug-likeness (QED) is 0.701. The van der Waals surface area contributed by atoms with Crippen LogP contribution in [-0.4, -0.2) is 65.0 Å². The number of rotatable bonds is 5. The van der Waals surface area contributed by atoms with Crippen LogP contribution in [0.25, 0.3) is 0 Å². The van der Waals surface area contributed by atoms with Gasteiger partial charge < -0.3 is 21.1 Å². The van der Waals surface area contributed by atoms with Crippen molar-refractivity contribution in [2.45, 2.75) is 37.8 Å². The van der Waals surface area contributed by atoms with Crippen molar-refractivity contribution in [3.8, 4) is 0 Å². The Bertz CT molecular complexity index is 703. The monoisotopic (exact) mass is 388 g/mol. The molecule has 2 fully saturated rings. The largest absolute Gasteiger partial charge is 0.465 e. The van der Waals surface area contributed by atoms with E-state index in [0.29, 0.717) is 31.7 Å². The third-order valence-corrected chi connectivity index (χ3v) is 5.82. The van der Waals surface area contributed by atoms with Crippen molar-refractivity contribution >= 4 is 17.9 Å². The van der Waals surface area contributed by atoms with Crippen molar-refractivity contribution < 1.29 is 19.5 Å². The number of nitrogens with two attached hydrogens (primary N) is 1. The fourth-order valence-electron chi connectivity index (χ4n) is 4.31. The number of carbonyl (C=O) groups excluding carboxylic acids is 2. The number of carboxylic acid groups (broad SMARTS) is 1. The molecule has 28 heavy (non-hydrogen) atoms. The van der Waals surface area contributed by atoms with Gasteiger partial charge >= 0.3 is 6.09 Å². The van der Waals surface area contributed by atoms with Crippen molar-refractivity contribution in [3.63, 3.8) is 0 Å². The van der Waals surface area contributed by atoms with E-state index in [1.807, 2.05) is 18.2 Å². The molecule has 1 aliphatic heterocycles. The van der Waals surface area contributed by atoms with E-state index in [0.717, 1.165) is 25.7 Å². The molecule has 1 saturated heterocycles. The molecule has 1 heterocycles. The highest BCUT2D eigenvalue weighted by Crippen LogP contribution is 2.30. The summed E-state index contributed by atoms with van der Waals surface area (Å²) in [5.74, 6) is -0.962. The number of nitrogens with one attached hydrogen (secondary N) is 1. The Balaban J connectivity index is 1.68. The Morgan fingerprint density at radius 1 is 1.04 bits per heavy atom. The third-order valence-electron chi connectivity index (χ3n) is 5.82. The lowest BCUT2D eigenvalue weighted by atomic mass is 9.82. The van der Waals surface area contributed by atoms with E-state index >= 15 is 0 Å². The summed E-state index contributed by atoms with van der Waals surface area (Å²) in [6.45, 7) is 2.15. The van der Waals surface area contributed by atoms with Crippen LogP contribution >= 0.6 is 0 Å². The van der Waals surface area contributed by atoms with Gasteiger partial charge in [0.05, 0.1) is 5.92 Å². The normalized spacial score (nSPS) is 24.4. The van der Waals surface area contributed by atoms with Crippen LogP contribution in [-0.2, 0) is 9.59 Å². The topological polar surface area (TPSA) is 116 Å². The molecule has 152 valence electrons. The summed E-state index contributed by atoms with van der Waals surface area (Å²) >= 11 is 0. The summed E-state index contributed by atoms with van der Waals surface area (Å²) in [7, 11) is 0. The number of carbonyl (C=O) groups is 3.